The van der Waals surface area contributed by atoms with Crippen LogP contribution in [0.1, 0.15) is 48.7 Å². The number of nitrogens with one attached hydrogen (secondary N) is 3. The fourth-order valence-electron chi connectivity index (χ4n) is 9.01. The number of amides is 4. The first-order chi connectivity index (χ1) is 35.4. The lowest BCUT2D eigenvalue weighted by Gasteiger charge is -2.40. The van der Waals surface area contributed by atoms with E-state index in [-0.39, 0.29) is 51.3 Å². The second kappa shape index (κ2) is 27.3. The number of imidazole rings is 1. The molecule has 6 rings (SSSR count). The molecule has 5 unspecified atom stereocenters. The van der Waals surface area contributed by atoms with E-state index in [9.17, 15) is 29.1 Å². The predicted octanol–water partition coefficient (Wildman–Crippen LogP) is 6.38. The van der Waals surface area contributed by atoms with Crippen LogP contribution in [0, 0.1) is 5.92 Å². The van der Waals surface area contributed by atoms with Crippen LogP contribution in [-0.4, -0.2) is 144 Å². The van der Waals surface area contributed by atoms with Crippen molar-refractivity contribution in [1.29, 1.82) is 0 Å². The molecular weight excluding hydrogens is 988 g/mol. The second-order valence-corrected chi connectivity index (χ2v) is 19.9. The number of hydrogen-bond donors (Lipinski definition) is 4. The van der Waals surface area contributed by atoms with Crippen molar-refractivity contribution in [3.63, 3.8) is 0 Å². The Morgan fingerprint density at radius 3 is 2.24 bits per heavy atom. The molecule has 0 saturated carbocycles. The van der Waals surface area contributed by atoms with E-state index in [0.29, 0.717) is 41.1 Å². The van der Waals surface area contributed by atoms with Crippen LogP contribution in [0.4, 0.5) is 0 Å². The first kappa shape index (κ1) is 56.9. The number of benzene rings is 4. The SMILES string of the molecule is COCC(NC(=O)C(C)NCc1ccc(Cl)cc1Oc1ccc(-c2cnc(CN(C)C)n2C)cc1)C(=O)N(C)C(CC(=O)NC1COCCC1N(C)C(=O)[C@@H](CC(=O)O)Cc1ccccc1)Cc1ccc(Cl)cc1. The largest absolute Gasteiger partial charge is 0.481 e. The minimum atomic E-state index is -1.12. The fourth-order valence-corrected chi connectivity index (χ4v) is 9.30. The Balaban J connectivity index is 1.10. The fraction of sp³-hybridized carbons (Fsp3) is 0.418. The molecule has 5 aromatic rings. The number of likely N-dealkylation sites (N-methyl/N-ethyl adjacent to an activating group) is 2. The molecule has 1 aliphatic rings. The summed E-state index contributed by atoms with van der Waals surface area (Å²) in [6.45, 7) is 2.92. The van der Waals surface area contributed by atoms with E-state index in [2.05, 4.69) is 30.4 Å². The molecule has 4 N–H and O–H groups in total. The normalized spacial score (nSPS) is 16.1. The predicted molar refractivity (Wildman–Crippen MR) is 284 cm³/mol. The van der Waals surface area contributed by atoms with E-state index in [1.54, 1.807) is 45.3 Å². The molecule has 1 saturated heterocycles. The number of aliphatic carboxylic acids is 1. The van der Waals surface area contributed by atoms with E-state index in [1.165, 1.54) is 16.9 Å². The van der Waals surface area contributed by atoms with Crippen molar-refractivity contribution in [2.75, 3.05) is 55.1 Å². The summed E-state index contributed by atoms with van der Waals surface area (Å²) in [6.07, 6.45) is 2.27. The summed E-state index contributed by atoms with van der Waals surface area (Å²) in [5, 5.41) is 19.9. The van der Waals surface area contributed by atoms with Gasteiger partial charge < -0.3 is 54.5 Å². The third-order valence-corrected chi connectivity index (χ3v) is 13.7. The van der Waals surface area contributed by atoms with E-state index in [4.69, 9.17) is 37.4 Å². The van der Waals surface area contributed by atoms with Crippen LogP contribution in [-0.2, 0) is 66.4 Å². The molecule has 0 bridgehead atoms. The van der Waals surface area contributed by atoms with Gasteiger partial charge in [0.15, 0.2) is 0 Å². The van der Waals surface area contributed by atoms with Gasteiger partial charge >= 0.3 is 5.97 Å². The minimum absolute atomic E-state index is 0.118. The number of ether oxygens (including phenoxy) is 3. The third-order valence-electron chi connectivity index (χ3n) is 13.2. The van der Waals surface area contributed by atoms with Gasteiger partial charge in [0.05, 0.1) is 62.1 Å². The number of methoxy groups -OCH3 is 1. The summed E-state index contributed by atoms with van der Waals surface area (Å²) in [5.41, 5.74) is 4.34. The molecule has 1 fully saturated rings. The number of hydrogen-bond acceptors (Lipinski definition) is 11. The van der Waals surface area contributed by atoms with E-state index >= 15 is 0 Å². The molecule has 4 aromatic carbocycles. The van der Waals surface area contributed by atoms with Gasteiger partial charge in [0.25, 0.3) is 0 Å². The molecule has 2 heterocycles. The summed E-state index contributed by atoms with van der Waals surface area (Å²) < 4.78 is 19.6. The number of halogens is 2. The quantitative estimate of drug-likeness (QED) is 0.0504. The molecule has 74 heavy (non-hydrogen) atoms. The van der Waals surface area contributed by atoms with Crippen LogP contribution in [0.25, 0.3) is 11.3 Å². The lowest BCUT2D eigenvalue weighted by Crippen LogP contribution is -2.59. The average molecular weight is 1060 g/mol. The van der Waals surface area contributed by atoms with E-state index < -0.39 is 59.8 Å². The van der Waals surface area contributed by atoms with Crippen molar-refractivity contribution in [1.82, 2.24) is 40.2 Å². The standard InChI is InChI=1S/C55H68Cl2N8O9/c1-35(58-30-39-15-20-42(57)28-49(39)74-44-21-16-38(17-22-44)48-31-59-50(64(48)5)32-62(2)3)53(69)61-46(33-72-7)55(71)63(4)43(26-37-13-18-41(56)19-14-37)29-51(66)60-45-34-73-24-23-47(45)65(6)54(70)40(27-52(67)68)25-36-11-9-8-10-12-36/h8-22,28,31,35,40,43,45-47,58H,23-27,29-30,32-34H2,1-7H3,(H,60,66)(H,61,69)(H,67,68)/t35?,40-,43?,45?,46?,47?/m1/s1. The highest BCUT2D eigenvalue weighted by Gasteiger charge is 2.37. The number of aromatic nitrogens is 2. The Labute approximate surface area is 443 Å². The summed E-state index contributed by atoms with van der Waals surface area (Å²) in [4.78, 5) is 77.9. The van der Waals surface area contributed by atoms with Gasteiger partial charge in [0.1, 0.15) is 23.4 Å². The maximum absolute atomic E-state index is 14.4. The van der Waals surface area contributed by atoms with Crippen molar-refractivity contribution in [2.45, 2.75) is 82.3 Å². The van der Waals surface area contributed by atoms with Crippen LogP contribution in [0.15, 0.2) is 103 Å². The zero-order chi connectivity index (χ0) is 53.5. The maximum Gasteiger partial charge on any atom is 0.304 e. The number of carboxylic acids is 1. The van der Waals surface area contributed by atoms with Crippen molar-refractivity contribution >= 4 is 52.8 Å². The van der Waals surface area contributed by atoms with Gasteiger partial charge in [-0.1, -0.05) is 71.7 Å². The van der Waals surface area contributed by atoms with E-state index in [1.807, 2.05) is 100 Å². The van der Waals surface area contributed by atoms with Gasteiger partial charge in [-0.15, -0.1) is 0 Å². The Bertz CT molecular complexity index is 2670. The van der Waals surface area contributed by atoms with Crippen LogP contribution in [0.3, 0.4) is 0 Å². The Kier molecular flexibility index (Phi) is 21.0. The van der Waals surface area contributed by atoms with Crippen LogP contribution in [0.2, 0.25) is 10.0 Å². The molecule has 17 nitrogen and oxygen atoms in total. The minimum Gasteiger partial charge on any atom is -0.481 e. The molecule has 0 spiro atoms. The highest BCUT2D eigenvalue weighted by Crippen LogP contribution is 2.31. The maximum atomic E-state index is 14.4. The zero-order valence-electron chi connectivity index (χ0n) is 43.1. The van der Waals surface area contributed by atoms with Crippen LogP contribution >= 0.6 is 23.2 Å². The van der Waals surface area contributed by atoms with Crippen molar-refractivity contribution in [2.24, 2.45) is 13.0 Å². The highest BCUT2D eigenvalue weighted by atomic mass is 35.5. The number of nitrogens with zero attached hydrogens (tertiary/aromatic N) is 5. The van der Waals surface area contributed by atoms with Crippen molar-refractivity contribution < 1.29 is 43.3 Å². The summed E-state index contributed by atoms with van der Waals surface area (Å²) >= 11 is 12.6. The smallest absolute Gasteiger partial charge is 0.304 e. The molecule has 19 heteroatoms. The molecular formula is C55H68Cl2N8O9. The van der Waals surface area contributed by atoms with Crippen LogP contribution < -0.4 is 20.7 Å². The third kappa shape index (κ3) is 16.1. The molecule has 0 aliphatic carbocycles. The number of carboxylic acid groups (broad SMARTS) is 1. The molecule has 0 radical (unpaired) electrons. The van der Waals surface area contributed by atoms with Crippen molar-refractivity contribution in [3.05, 3.63) is 136 Å². The second-order valence-electron chi connectivity index (χ2n) is 19.0. The summed E-state index contributed by atoms with van der Waals surface area (Å²) in [5.74, 6) is -1.57. The van der Waals surface area contributed by atoms with Gasteiger partial charge in [-0.05, 0) is 99.9 Å². The Morgan fingerprint density at radius 1 is 0.878 bits per heavy atom. The van der Waals surface area contributed by atoms with Crippen LogP contribution in [0.5, 0.6) is 11.5 Å². The van der Waals surface area contributed by atoms with Gasteiger partial charge in [0.2, 0.25) is 23.6 Å². The monoisotopic (exact) mass is 1050 g/mol. The first-order valence-electron chi connectivity index (χ1n) is 24.6. The summed E-state index contributed by atoms with van der Waals surface area (Å²) in [6, 6.07) is 25.6. The zero-order valence-corrected chi connectivity index (χ0v) is 44.6. The molecule has 1 aliphatic heterocycles. The Morgan fingerprint density at radius 2 is 1.57 bits per heavy atom. The first-order valence-corrected chi connectivity index (χ1v) is 25.3. The van der Waals surface area contributed by atoms with Gasteiger partial charge in [-0.25, -0.2) is 4.98 Å². The van der Waals surface area contributed by atoms with Gasteiger partial charge in [-0.2, -0.15) is 0 Å². The van der Waals surface area contributed by atoms with Crippen molar-refractivity contribution in [3.8, 4) is 22.8 Å². The van der Waals surface area contributed by atoms with Gasteiger partial charge in [-0.3, -0.25) is 24.0 Å². The molecule has 396 valence electrons. The lowest BCUT2D eigenvalue weighted by molar-refractivity contribution is -0.146. The number of carbonyl (C=O) groups is 5. The Hall–Kier alpha value is -6.34. The number of rotatable bonds is 25. The highest BCUT2D eigenvalue weighted by molar-refractivity contribution is 6.31. The van der Waals surface area contributed by atoms with Gasteiger partial charge in [0, 0.05) is 75.0 Å². The van der Waals surface area contributed by atoms with E-state index in [0.717, 1.165) is 33.8 Å². The number of carbonyl (C=O) groups excluding carboxylic acids is 4. The lowest BCUT2D eigenvalue weighted by atomic mass is 9.92. The average Bonchev–Trinajstić information content (AvgIpc) is 3.73. The molecule has 1 aromatic heterocycles. The molecule has 6 atom stereocenters. The molecule has 4 amide bonds. The topological polar surface area (TPSA) is 197 Å². The summed E-state index contributed by atoms with van der Waals surface area (Å²) in [7, 11) is 10.6.